The number of aryl methyl sites for hydroxylation is 2. The second-order valence-corrected chi connectivity index (χ2v) is 7.07. The molecule has 5 nitrogen and oxygen atoms in total. The largest absolute Gasteiger partial charge is 0.389 e. The van der Waals surface area contributed by atoms with E-state index in [1.54, 1.807) is 11.3 Å². The van der Waals surface area contributed by atoms with Gasteiger partial charge in [0, 0.05) is 30.8 Å². The van der Waals surface area contributed by atoms with Crippen LogP contribution in [0.3, 0.4) is 0 Å². The fourth-order valence-electron chi connectivity index (χ4n) is 2.18. The van der Waals surface area contributed by atoms with Crippen LogP contribution in [0.2, 0.25) is 0 Å². The first-order valence-electron chi connectivity index (χ1n) is 7.38. The Hall–Kier alpha value is -0.950. The van der Waals surface area contributed by atoms with E-state index < -0.39 is 6.10 Å². The van der Waals surface area contributed by atoms with Crippen molar-refractivity contribution in [2.24, 2.45) is 5.92 Å². The zero-order valence-electron chi connectivity index (χ0n) is 13.2. The summed E-state index contributed by atoms with van der Waals surface area (Å²) in [5.41, 5.74) is 2.20. The zero-order valence-corrected chi connectivity index (χ0v) is 14.0. The highest BCUT2D eigenvalue weighted by molar-refractivity contribution is 7.17. The predicted molar refractivity (Wildman–Crippen MR) is 85.9 cm³/mol. The van der Waals surface area contributed by atoms with E-state index in [0.717, 1.165) is 16.3 Å². The van der Waals surface area contributed by atoms with Gasteiger partial charge in [0.05, 0.1) is 24.1 Å². The van der Waals surface area contributed by atoms with Gasteiger partial charge in [-0.15, -0.1) is 11.3 Å². The number of imidazole rings is 1. The molecular formula is C15H25N3O2S. The normalized spacial score (nSPS) is 13.4. The van der Waals surface area contributed by atoms with Gasteiger partial charge in [0.1, 0.15) is 0 Å². The lowest BCUT2D eigenvalue weighted by molar-refractivity contribution is 0.0260. The number of aromatic nitrogens is 2. The third-order valence-electron chi connectivity index (χ3n) is 3.17. The molecule has 21 heavy (non-hydrogen) atoms. The lowest BCUT2D eigenvalue weighted by atomic mass is 10.2. The zero-order chi connectivity index (χ0) is 15.4. The van der Waals surface area contributed by atoms with Gasteiger partial charge in [0.2, 0.25) is 0 Å². The summed E-state index contributed by atoms with van der Waals surface area (Å²) in [7, 11) is 0. The quantitative estimate of drug-likeness (QED) is 0.784. The Bertz CT molecular complexity index is 577. The molecule has 0 fully saturated rings. The molecule has 2 aromatic rings. The molecule has 1 atom stereocenters. The molecule has 0 amide bonds. The van der Waals surface area contributed by atoms with Gasteiger partial charge in [-0.25, -0.2) is 4.98 Å². The highest BCUT2D eigenvalue weighted by Crippen LogP contribution is 2.20. The summed E-state index contributed by atoms with van der Waals surface area (Å²) in [6.45, 7) is 10.6. The second kappa shape index (κ2) is 7.35. The first-order valence-corrected chi connectivity index (χ1v) is 8.19. The molecule has 0 spiro atoms. The van der Waals surface area contributed by atoms with Crippen molar-refractivity contribution in [3.63, 3.8) is 0 Å². The number of thiazole rings is 1. The summed E-state index contributed by atoms with van der Waals surface area (Å²) in [5, 5.41) is 13.2. The number of hydrogen-bond donors (Lipinski definition) is 2. The average Bonchev–Trinajstić information content (AvgIpc) is 2.86. The topological polar surface area (TPSA) is 58.8 Å². The van der Waals surface area contributed by atoms with Gasteiger partial charge in [0.25, 0.3) is 0 Å². The molecule has 0 saturated heterocycles. The van der Waals surface area contributed by atoms with Crippen LogP contribution in [0.4, 0.5) is 0 Å². The van der Waals surface area contributed by atoms with Crippen LogP contribution >= 0.6 is 11.3 Å². The van der Waals surface area contributed by atoms with E-state index >= 15 is 0 Å². The average molecular weight is 311 g/mol. The van der Waals surface area contributed by atoms with Crippen LogP contribution in [0.1, 0.15) is 30.1 Å². The van der Waals surface area contributed by atoms with Gasteiger partial charge in [-0.3, -0.25) is 4.40 Å². The van der Waals surface area contributed by atoms with E-state index in [2.05, 4.69) is 41.7 Å². The smallest absolute Gasteiger partial charge is 0.194 e. The highest BCUT2D eigenvalue weighted by Gasteiger charge is 2.11. The summed E-state index contributed by atoms with van der Waals surface area (Å²) < 4.78 is 7.56. The molecule has 1 unspecified atom stereocenters. The summed E-state index contributed by atoms with van der Waals surface area (Å²) in [6.07, 6.45) is 1.64. The minimum atomic E-state index is -0.475. The lowest BCUT2D eigenvalue weighted by Gasteiger charge is -2.13. The van der Waals surface area contributed by atoms with E-state index in [0.29, 0.717) is 32.2 Å². The van der Waals surface area contributed by atoms with Crippen molar-refractivity contribution in [2.75, 3.05) is 19.8 Å². The Labute approximate surface area is 130 Å². The van der Waals surface area contributed by atoms with Gasteiger partial charge < -0.3 is 15.2 Å². The SMILES string of the molecule is Cc1cn2c(CNCC(O)COCC(C)C)c(C)nc2s1. The Kier molecular flexibility index (Phi) is 5.75. The van der Waals surface area contributed by atoms with Crippen LogP contribution in [0, 0.1) is 19.8 Å². The van der Waals surface area contributed by atoms with Crippen LogP contribution in [0.25, 0.3) is 4.96 Å². The molecule has 2 N–H and O–H groups in total. The van der Waals surface area contributed by atoms with E-state index in [1.807, 2.05) is 6.92 Å². The molecule has 0 aliphatic carbocycles. The minimum absolute atomic E-state index is 0.379. The van der Waals surface area contributed by atoms with Crippen LogP contribution < -0.4 is 5.32 Å². The van der Waals surface area contributed by atoms with Crippen LogP contribution in [-0.4, -0.2) is 40.4 Å². The van der Waals surface area contributed by atoms with Crippen molar-refractivity contribution in [3.05, 3.63) is 22.5 Å². The molecule has 0 bridgehead atoms. The Morgan fingerprint density at radius 1 is 1.38 bits per heavy atom. The van der Waals surface area contributed by atoms with Crippen molar-refractivity contribution in [1.82, 2.24) is 14.7 Å². The first-order chi connectivity index (χ1) is 9.97. The maximum atomic E-state index is 9.87. The van der Waals surface area contributed by atoms with Gasteiger partial charge in [-0.2, -0.15) is 0 Å². The number of fused-ring (bicyclic) bond motifs is 1. The van der Waals surface area contributed by atoms with Crippen molar-refractivity contribution in [3.8, 4) is 0 Å². The number of hydrogen-bond acceptors (Lipinski definition) is 5. The molecule has 0 aliphatic rings. The van der Waals surface area contributed by atoms with Gasteiger partial charge in [0.15, 0.2) is 4.96 Å². The van der Waals surface area contributed by atoms with Crippen LogP contribution in [0.5, 0.6) is 0 Å². The van der Waals surface area contributed by atoms with Gasteiger partial charge in [-0.1, -0.05) is 13.8 Å². The fourth-order valence-corrected chi connectivity index (χ4v) is 3.07. The van der Waals surface area contributed by atoms with Gasteiger partial charge >= 0.3 is 0 Å². The number of aliphatic hydroxyl groups excluding tert-OH is 1. The molecule has 2 rings (SSSR count). The lowest BCUT2D eigenvalue weighted by Crippen LogP contribution is -2.31. The van der Waals surface area contributed by atoms with Crippen molar-refractivity contribution in [1.29, 1.82) is 0 Å². The summed E-state index contributed by atoms with van der Waals surface area (Å²) in [4.78, 5) is 6.84. The predicted octanol–water partition coefficient (Wildman–Crippen LogP) is 2.14. The van der Waals surface area contributed by atoms with Gasteiger partial charge in [-0.05, 0) is 19.8 Å². The molecule has 2 heterocycles. The number of ether oxygens (including phenoxy) is 1. The van der Waals surface area contributed by atoms with E-state index in [9.17, 15) is 5.11 Å². The molecule has 0 radical (unpaired) electrons. The number of rotatable bonds is 8. The van der Waals surface area contributed by atoms with Crippen molar-refractivity contribution < 1.29 is 9.84 Å². The molecule has 0 aromatic carbocycles. The third-order valence-corrected chi connectivity index (χ3v) is 4.07. The van der Waals surface area contributed by atoms with Crippen molar-refractivity contribution in [2.45, 2.75) is 40.3 Å². The molecule has 0 saturated carbocycles. The Balaban J connectivity index is 1.80. The summed E-state index contributed by atoms with van der Waals surface area (Å²) in [5.74, 6) is 0.495. The first kappa shape index (κ1) is 16.4. The van der Waals surface area contributed by atoms with E-state index in [1.165, 1.54) is 4.88 Å². The molecule has 118 valence electrons. The molecule has 0 aliphatic heterocycles. The third kappa shape index (κ3) is 4.51. The van der Waals surface area contributed by atoms with E-state index in [4.69, 9.17) is 4.74 Å². The fraction of sp³-hybridized carbons (Fsp3) is 0.667. The summed E-state index contributed by atoms with van der Waals surface area (Å²) >= 11 is 1.70. The molecular weight excluding hydrogens is 286 g/mol. The molecule has 2 aromatic heterocycles. The summed E-state index contributed by atoms with van der Waals surface area (Å²) in [6, 6.07) is 0. The van der Waals surface area contributed by atoms with Crippen LogP contribution in [-0.2, 0) is 11.3 Å². The Morgan fingerprint density at radius 3 is 2.86 bits per heavy atom. The number of aliphatic hydroxyl groups is 1. The second-order valence-electron chi connectivity index (χ2n) is 5.85. The number of nitrogens with one attached hydrogen (secondary N) is 1. The molecule has 6 heteroatoms. The number of nitrogens with zero attached hydrogens (tertiary/aromatic N) is 2. The van der Waals surface area contributed by atoms with Crippen LogP contribution in [0.15, 0.2) is 6.20 Å². The minimum Gasteiger partial charge on any atom is -0.389 e. The monoisotopic (exact) mass is 311 g/mol. The Morgan fingerprint density at radius 2 is 2.14 bits per heavy atom. The van der Waals surface area contributed by atoms with E-state index in [-0.39, 0.29) is 0 Å². The highest BCUT2D eigenvalue weighted by atomic mass is 32.1. The maximum Gasteiger partial charge on any atom is 0.194 e. The maximum absolute atomic E-state index is 9.87. The standard InChI is InChI=1S/C15H25N3O2S/c1-10(2)8-20-9-13(19)5-16-6-14-12(4)17-15-18(14)7-11(3)21-15/h7,10,13,16,19H,5-6,8-9H2,1-4H3. The van der Waals surface area contributed by atoms with Crippen molar-refractivity contribution >= 4 is 16.3 Å².